The van der Waals surface area contributed by atoms with Gasteiger partial charge in [0.25, 0.3) is 0 Å². The Kier molecular flexibility index (Phi) is 4.54. The van der Waals surface area contributed by atoms with Gasteiger partial charge in [0.05, 0.1) is 0 Å². The Hall–Kier alpha value is -0.610. The average Bonchev–Trinajstić information content (AvgIpc) is 2.61. The summed E-state index contributed by atoms with van der Waals surface area (Å²) in [7, 11) is 1.71. The third-order valence-corrected chi connectivity index (χ3v) is 3.25. The Morgan fingerprint density at radius 1 is 1.60 bits per heavy atom. The standard InChI is InChI=1S/C11H22N2O2/c1-8(2)10-5-4-6-13(10)7-9(12-3)11(14)15/h8-10,12H,4-7H2,1-3H3,(H,14,15). The Labute approximate surface area is 91.6 Å². The molecule has 1 heterocycles. The zero-order valence-electron chi connectivity index (χ0n) is 9.86. The van der Waals surface area contributed by atoms with E-state index in [-0.39, 0.29) is 0 Å². The molecule has 0 aromatic carbocycles. The van der Waals surface area contributed by atoms with Gasteiger partial charge in [-0.1, -0.05) is 13.8 Å². The maximum Gasteiger partial charge on any atom is 0.322 e. The largest absolute Gasteiger partial charge is 0.480 e. The summed E-state index contributed by atoms with van der Waals surface area (Å²) >= 11 is 0. The van der Waals surface area contributed by atoms with Crippen molar-refractivity contribution in [3.8, 4) is 0 Å². The van der Waals surface area contributed by atoms with Crippen molar-refractivity contribution in [3.05, 3.63) is 0 Å². The van der Waals surface area contributed by atoms with Crippen molar-refractivity contribution in [2.45, 2.75) is 38.8 Å². The molecule has 15 heavy (non-hydrogen) atoms. The predicted octanol–water partition coefficient (Wildman–Crippen LogP) is 0.779. The molecule has 1 fully saturated rings. The molecule has 1 rings (SSSR count). The van der Waals surface area contributed by atoms with Gasteiger partial charge in [0.1, 0.15) is 6.04 Å². The van der Waals surface area contributed by atoms with Gasteiger partial charge < -0.3 is 10.4 Å². The first-order valence-electron chi connectivity index (χ1n) is 5.70. The van der Waals surface area contributed by atoms with Crippen LogP contribution in [-0.4, -0.2) is 48.2 Å². The van der Waals surface area contributed by atoms with Crippen LogP contribution in [0.4, 0.5) is 0 Å². The zero-order valence-corrected chi connectivity index (χ0v) is 9.86. The van der Waals surface area contributed by atoms with E-state index < -0.39 is 12.0 Å². The topological polar surface area (TPSA) is 52.6 Å². The van der Waals surface area contributed by atoms with E-state index in [2.05, 4.69) is 24.1 Å². The van der Waals surface area contributed by atoms with E-state index in [1.54, 1.807) is 7.05 Å². The van der Waals surface area contributed by atoms with Crippen LogP contribution in [0.1, 0.15) is 26.7 Å². The first-order chi connectivity index (χ1) is 7.06. The van der Waals surface area contributed by atoms with Crippen LogP contribution in [0, 0.1) is 5.92 Å². The van der Waals surface area contributed by atoms with Crippen LogP contribution >= 0.6 is 0 Å². The first-order valence-corrected chi connectivity index (χ1v) is 5.70. The molecule has 0 saturated carbocycles. The molecule has 0 aliphatic carbocycles. The second kappa shape index (κ2) is 5.47. The lowest BCUT2D eigenvalue weighted by Gasteiger charge is -2.29. The van der Waals surface area contributed by atoms with Gasteiger partial charge in [0, 0.05) is 12.6 Å². The molecule has 1 aliphatic rings. The Balaban J connectivity index is 2.52. The molecule has 0 bridgehead atoms. The molecule has 0 radical (unpaired) electrons. The minimum atomic E-state index is -0.757. The SMILES string of the molecule is CNC(CN1CCCC1C(C)C)C(=O)O. The predicted molar refractivity (Wildman–Crippen MR) is 59.9 cm³/mol. The van der Waals surface area contributed by atoms with Crippen molar-refractivity contribution in [1.82, 2.24) is 10.2 Å². The highest BCUT2D eigenvalue weighted by Crippen LogP contribution is 2.23. The molecule has 1 aliphatic heterocycles. The van der Waals surface area contributed by atoms with Crippen LogP contribution in [0.3, 0.4) is 0 Å². The van der Waals surface area contributed by atoms with Crippen molar-refractivity contribution in [1.29, 1.82) is 0 Å². The van der Waals surface area contributed by atoms with Crippen LogP contribution in [-0.2, 0) is 4.79 Å². The monoisotopic (exact) mass is 214 g/mol. The highest BCUT2D eigenvalue weighted by molar-refractivity contribution is 5.73. The van der Waals surface area contributed by atoms with Gasteiger partial charge in [-0.15, -0.1) is 0 Å². The van der Waals surface area contributed by atoms with Crippen LogP contribution in [0.25, 0.3) is 0 Å². The summed E-state index contributed by atoms with van der Waals surface area (Å²) in [6.07, 6.45) is 2.40. The van der Waals surface area contributed by atoms with Crippen molar-refractivity contribution in [2.75, 3.05) is 20.1 Å². The maximum atomic E-state index is 10.9. The number of likely N-dealkylation sites (tertiary alicyclic amines) is 1. The molecule has 2 N–H and O–H groups in total. The molecule has 88 valence electrons. The fourth-order valence-corrected chi connectivity index (χ4v) is 2.36. The molecule has 4 heteroatoms. The molecule has 0 aromatic heterocycles. The van der Waals surface area contributed by atoms with E-state index in [1.807, 2.05) is 0 Å². The van der Waals surface area contributed by atoms with E-state index in [0.717, 1.165) is 6.54 Å². The van der Waals surface area contributed by atoms with Gasteiger partial charge in [-0.05, 0) is 32.4 Å². The second-order valence-electron chi connectivity index (χ2n) is 4.63. The molecule has 0 spiro atoms. The minimum absolute atomic E-state index is 0.440. The molecule has 4 nitrogen and oxygen atoms in total. The summed E-state index contributed by atoms with van der Waals surface area (Å²) in [6, 6.07) is 0.115. The highest BCUT2D eigenvalue weighted by atomic mass is 16.4. The normalized spacial score (nSPS) is 24.7. The van der Waals surface area contributed by atoms with Gasteiger partial charge in [0.2, 0.25) is 0 Å². The lowest BCUT2D eigenvalue weighted by atomic mass is 10.0. The molecule has 0 aromatic rings. The fraction of sp³-hybridized carbons (Fsp3) is 0.909. The van der Waals surface area contributed by atoms with Gasteiger partial charge in [-0.3, -0.25) is 9.69 Å². The third kappa shape index (κ3) is 3.18. The van der Waals surface area contributed by atoms with E-state index >= 15 is 0 Å². The molecular formula is C11H22N2O2. The average molecular weight is 214 g/mol. The number of aliphatic carboxylic acids is 1. The Morgan fingerprint density at radius 2 is 2.27 bits per heavy atom. The molecule has 2 unspecified atom stereocenters. The molecule has 2 atom stereocenters. The minimum Gasteiger partial charge on any atom is -0.480 e. The summed E-state index contributed by atoms with van der Waals surface area (Å²) < 4.78 is 0. The van der Waals surface area contributed by atoms with Crippen LogP contribution in [0.5, 0.6) is 0 Å². The molecular weight excluding hydrogens is 192 g/mol. The number of likely N-dealkylation sites (N-methyl/N-ethyl adjacent to an activating group) is 1. The summed E-state index contributed by atoms with van der Waals surface area (Å²) in [5.74, 6) is -0.147. The Morgan fingerprint density at radius 3 is 2.73 bits per heavy atom. The lowest BCUT2D eigenvalue weighted by Crippen LogP contribution is -2.47. The van der Waals surface area contributed by atoms with E-state index in [9.17, 15) is 4.79 Å². The van der Waals surface area contributed by atoms with Crippen molar-refractivity contribution in [2.24, 2.45) is 5.92 Å². The molecule has 0 amide bonds. The van der Waals surface area contributed by atoms with Crippen molar-refractivity contribution in [3.63, 3.8) is 0 Å². The van der Waals surface area contributed by atoms with Crippen LogP contribution < -0.4 is 5.32 Å². The van der Waals surface area contributed by atoms with Crippen LogP contribution in [0.2, 0.25) is 0 Å². The van der Waals surface area contributed by atoms with Gasteiger partial charge in [-0.2, -0.15) is 0 Å². The Bertz CT molecular complexity index is 219. The second-order valence-corrected chi connectivity index (χ2v) is 4.63. The third-order valence-electron chi connectivity index (χ3n) is 3.25. The maximum absolute atomic E-state index is 10.9. The lowest BCUT2D eigenvalue weighted by molar-refractivity contribution is -0.139. The van der Waals surface area contributed by atoms with E-state index in [1.165, 1.54) is 12.8 Å². The quantitative estimate of drug-likeness (QED) is 0.710. The summed E-state index contributed by atoms with van der Waals surface area (Å²) in [4.78, 5) is 13.2. The smallest absolute Gasteiger partial charge is 0.322 e. The van der Waals surface area contributed by atoms with Gasteiger partial charge in [0.15, 0.2) is 0 Å². The number of hydrogen-bond donors (Lipinski definition) is 2. The fourth-order valence-electron chi connectivity index (χ4n) is 2.36. The molecule has 1 saturated heterocycles. The summed E-state index contributed by atoms with van der Waals surface area (Å²) in [6.45, 7) is 6.07. The summed E-state index contributed by atoms with van der Waals surface area (Å²) in [5.41, 5.74) is 0. The van der Waals surface area contributed by atoms with E-state index in [4.69, 9.17) is 5.11 Å². The summed E-state index contributed by atoms with van der Waals surface area (Å²) in [5, 5.41) is 11.8. The zero-order chi connectivity index (χ0) is 11.4. The number of nitrogens with one attached hydrogen (secondary N) is 1. The number of hydrogen-bond acceptors (Lipinski definition) is 3. The van der Waals surface area contributed by atoms with Crippen LogP contribution in [0.15, 0.2) is 0 Å². The van der Waals surface area contributed by atoms with E-state index in [0.29, 0.717) is 18.5 Å². The van der Waals surface area contributed by atoms with Crippen molar-refractivity contribution < 1.29 is 9.90 Å². The number of nitrogens with zero attached hydrogens (tertiary/aromatic N) is 1. The number of carboxylic acid groups (broad SMARTS) is 1. The number of rotatable bonds is 5. The highest BCUT2D eigenvalue weighted by Gasteiger charge is 2.30. The van der Waals surface area contributed by atoms with Gasteiger partial charge in [-0.25, -0.2) is 0 Å². The first kappa shape index (κ1) is 12.5. The van der Waals surface area contributed by atoms with Crippen molar-refractivity contribution >= 4 is 5.97 Å². The number of carboxylic acids is 1. The van der Waals surface area contributed by atoms with Gasteiger partial charge >= 0.3 is 5.97 Å². The number of carbonyl (C=O) groups is 1.